The summed E-state index contributed by atoms with van der Waals surface area (Å²) in [5.41, 5.74) is 1.55. The second kappa shape index (κ2) is 9.79. The molecule has 1 saturated heterocycles. The van der Waals surface area contributed by atoms with Crippen molar-refractivity contribution >= 4 is 11.6 Å². The number of aliphatic hydroxyl groups excluding tert-OH is 4. The molecule has 1 heterocycles. The summed E-state index contributed by atoms with van der Waals surface area (Å²) in [6.45, 7) is 1.52. The van der Waals surface area contributed by atoms with Crippen molar-refractivity contribution in [2.45, 2.75) is 43.5 Å². The Hall–Kier alpha value is -1.78. The van der Waals surface area contributed by atoms with Gasteiger partial charge in [-0.2, -0.15) is 0 Å². The highest BCUT2D eigenvalue weighted by Crippen LogP contribution is 2.40. The minimum Gasteiger partial charge on any atom is -0.491 e. The van der Waals surface area contributed by atoms with Gasteiger partial charge in [0.15, 0.2) is 11.6 Å². The third-order valence-electron chi connectivity index (χ3n) is 5.39. The van der Waals surface area contributed by atoms with Gasteiger partial charge in [-0.1, -0.05) is 23.7 Å². The lowest BCUT2D eigenvalue weighted by molar-refractivity contribution is -0.366. The number of ether oxygens (including phenoxy) is 3. The number of rotatable bonds is 7. The van der Waals surface area contributed by atoms with Crippen LogP contribution in [0.25, 0.3) is 0 Å². The molecule has 31 heavy (non-hydrogen) atoms. The van der Waals surface area contributed by atoms with Crippen molar-refractivity contribution in [3.63, 3.8) is 0 Å². The van der Waals surface area contributed by atoms with Crippen molar-refractivity contribution in [1.29, 1.82) is 0 Å². The highest BCUT2D eigenvalue weighted by molar-refractivity contribution is 6.31. The zero-order valence-electron chi connectivity index (χ0n) is 17.2. The molecule has 4 N–H and O–H groups in total. The van der Waals surface area contributed by atoms with Gasteiger partial charge in [0.05, 0.1) is 13.2 Å². The molecular formula is C22H26ClFO7. The van der Waals surface area contributed by atoms with Gasteiger partial charge in [-0.25, -0.2) is 4.39 Å². The van der Waals surface area contributed by atoms with E-state index in [1.807, 2.05) is 0 Å². The number of methoxy groups -OCH3 is 1. The van der Waals surface area contributed by atoms with Crippen molar-refractivity contribution in [2.24, 2.45) is 0 Å². The first kappa shape index (κ1) is 23.9. The second-order valence-corrected chi connectivity index (χ2v) is 7.72. The molecule has 170 valence electrons. The van der Waals surface area contributed by atoms with Crippen molar-refractivity contribution in [3.05, 3.63) is 63.9 Å². The van der Waals surface area contributed by atoms with Gasteiger partial charge in [-0.15, -0.1) is 0 Å². The fourth-order valence-electron chi connectivity index (χ4n) is 3.74. The Morgan fingerprint density at radius 1 is 1.13 bits per heavy atom. The number of aliphatic hydroxyl groups is 4. The Labute approximate surface area is 184 Å². The van der Waals surface area contributed by atoms with Crippen LogP contribution in [0, 0.1) is 5.82 Å². The predicted molar refractivity (Wildman–Crippen MR) is 110 cm³/mol. The molecular weight excluding hydrogens is 431 g/mol. The molecule has 3 rings (SSSR count). The molecule has 2 aromatic rings. The first-order chi connectivity index (χ1) is 14.8. The fraction of sp³-hybridized carbons (Fsp3) is 0.455. The van der Waals surface area contributed by atoms with Gasteiger partial charge in [0, 0.05) is 17.7 Å². The molecule has 5 unspecified atom stereocenters. The molecule has 5 atom stereocenters. The summed E-state index contributed by atoms with van der Waals surface area (Å²) in [6.07, 6.45) is -5.68. The highest BCUT2D eigenvalue weighted by atomic mass is 35.5. The Morgan fingerprint density at radius 2 is 1.87 bits per heavy atom. The SMILES string of the molecule is CCOc1ccc(Cc2cc(C3(OC)OC(CO)C(O)C(O)C3O)ccc2Cl)cc1F. The van der Waals surface area contributed by atoms with Gasteiger partial charge in [-0.3, -0.25) is 0 Å². The van der Waals surface area contributed by atoms with E-state index in [2.05, 4.69) is 0 Å². The molecule has 0 radical (unpaired) electrons. The van der Waals surface area contributed by atoms with Crippen LogP contribution in [0.2, 0.25) is 5.02 Å². The van der Waals surface area contributed by atoms with Crippen LogP contribution in [0.15, 0.2) is 36.4 Å². The van der Waals surface area contributed by atoms with Gasteiger partial charge in [0.25, 0.3) is 0 Å². The molecule has 0 aromatic heterocycles. The molecule has 2 aromatic carbocycles. The van der Waals surface area contributed by atoms with E-state index < -0.39 is 42.6 Å². The van der Waals surface area contributed by atoms with Gasteiger partial charge in [0.1, 0.15) is 24.4 Å². The zero-order chi connectivity index (χ0) is 22.8. The summed E-state index contributed by atoms with van der Waals surface area (Å²) in [5, 5.41) is 40.9. The lowest BCUT2D eigenvalue weighted by Gasteiger charge is -2.47. The Morgan fingerprint density at radius 3 is 2.48 bits per heavy atom. The number of halogens is 2. The quantitative estimate of drug-likeness (QED) is 0.502. The molecule has 7 nitrogen and oxygen atoms in total. The van der Waals surface area contributed by atoms with E-state index in [0.29, 0.717) is 28.3 Å². The van der Waals surface area contributed by atoms with Gasteiger partial charge < -0.3 is 34.6 Å². The monoisotopic (exact) mass is 456 g/mol. The largest absolute Gasteiger partial charge is 0.491 e. The second-order valence-electron chi connectivity index (χ2n) is 7.32. The number of hydrogen-bond donors (Lipinski definition) is 4. The average molecular weight is 457 g/mol. The zero-order valence-corrected chi connectivity index (χ0v) is 17.9. The van der Waals surface area contributed by atoms with E-state index >= 15 is 0 Å². The van der Waals surface area contributed by atoms with E-state index in [-0.39, 0.29) is 12.2 Å². The summed E-state index contributed by atoms with van der Waals surface area (Å²) in [4.78, 5) is 0. The summed E-state index contributed by atoms with van der Waals surface area (Å²) in [7, 11) is 1.28. The molecule has 1 aliphatic rings. The minimum absolute atomic E-state index is 0.158. The Balaban J connectivity index is 1.96. The molecule has 0 bridgehead atoms. The van der Waals surface area contributed by atoms with Crippen LogP contribution in [0.3, 0.4) is 0 Å². The maximum absolute atomic E-state index is 14.2. The van der Waals surface area contributed by atoms with Crippen molar-refractivity contribution in [1.82, 2.24) is 0 Å². The van der Waals surface area contributed by atoms with E-state index in [9.17, 15) is 24.8 Å². The van der Waals surface area contributed by atoms with Crippen LogP contribution in [-0.2, 0) is 21.7 Å². The summed E-state index contributed by atoms with van der Waals surface area (Å²) in [6, 6.07) is 9.35. The van der Waals surface area contributed by atoms with Crippen LogP contribution in [0.4, 0.5) is 4.39 Å². The van der Waals surface area contributed by atoms with Crippen molar-refractivity contribution in [2.75, 3.05) is 20.3 Å². The standard InChI is InChI=1S/C22H26ClFO7/c1-3-30-17-7-4-12(9-16(17)24)8-13-10-14(5-6-15(13)23)22(29-2)21(28)20(27)19(26)18(11-25)31-22/h4-7,9-10,18-21,25-28H,3,8,11H2,1-2H3. The van der Waals surface area contributed by atoms with E-state index in [0.717, 1.165) is 0 Å². The Kier molecular flexibility index (Phi) is 7.54. The number of benzene rings is 2. The van der Waals surface area contributed by atoms with E-state index in [4.69, 9.17) is 25.8 Å². The third kappa shape index (κ3) is 4.56. The van der Waals surface area contributed by atoms with Crippen LogP contribution < -0.4 is 4.74 Å². The molecule has 0 amide bonds. The maximum atomic E-state index is 14.2. The van der Waals surface area contributed by atoms with Crippen molar-refractivity contribution < 1.29 is 39.0 Å². The topological polar surface area (TPSA) is 109 Å². The summed E-state index contributed by atoms with van der Waals surface area (Å²) < 4.78 is 30.6. The van der Waals surface area contributed by atoms with Crippen LogP contribution in [0.5, 0.6) is 5.75 Å². The fourth-order valence-corrected chi connectivity index (χ4v) is 3.92. The van der Waals surface area contributed by atoms with Gasteiger partial charge in [0.2, 0.25) is 5.79 Å². The van der Waals surface area contributed by atoms with Gasteiger partial charge in [-0.05, 0) is 48.7 Å². The molecule has 9 heteroatoms. The minimum atomic E-state index is -1.85. The van der Waals surface area contributed by atoms with Gasteiger partial charge >= 0.3 is 0 Å². The first-order valence-electron chi connectivity index (χ1n) is 9.85. The molecule has 0 aliphatic carbocycles. The normalized spacial score (nSPS) is 28.5. The summed E-state index contributed by atoms with van der Waals surface area (Å²) in [5.74, 6) is -2.19. The Bertz CT molecular complexity index is 909. The van der Waals surface area contributed by atoms with E-state index in [1.165, 1.54) is 13.2 Å². The molecule has 0 spiro atoms. The van der Waals surface area contributed by atoms with Crippen LogP contribution in [-0.4, -0.2) is 65.2 Å². The highest BCUT2D eigenvalue weighted by Gasteiger charge is 2.55. The van der Waals surface area contributed by atoms with Crippen LogP contribution in [0.1, 0.15) is 23.6 Å². The van der Waals surface area contributed by atoms with Crippen molar-refractivity contribution in [3.8, 4) is 5.75 Å². The lowest BCUT2D eigenvalue weighted by atomic mass is 9.87. The third-order valence-corrected chi connectivity index (χ3v) is 5.76. The number of hydrogen-bond acceptors (Lipinski definition) is 7. The smallest absolute Gasteiger partial charge is 0.224 e. The van der Waals surface area contributed by atoms with E-state index in [1.54, 1.807) is 37.3 Å². The lowest BCUT2D eigenvalue weighted by Crippen LogP contribution is -2.64. The molecule has 0 saturated carbocycles. The molecule has 1 fully saturated rings. The average Bonchev–Trinajstić information content (AvgIpc) is 2.76. The first-order valence-corrected chi connectivity index (χ1v) is 10.2. The predicted octanol–water partition coefficient (Wildman–Crippen LogP) is 1.74. The maximum Gasteiger partial charge on any atom is 0.224 e. The van der Waals surface area contributed by atoms with Crippen LogP contribution >= 0.6 is 11.6 Å². The summed E-state index contributed by atoms with van der Waals surface area (Å²) >= 11 is 6.35. The molecule has 1 aliphatic heterocycles.